The van der Waals surface area contributed by atoms with Gasteiger partial charge in [-0.3, -0.25) is 0 Å². The van der Waals surface area contributed by atoms with E-state index < -0.39 is 16.7 Å². The van der Waals surface area contributed by atoms with Gasteiger partial charge in [-0.15, -0.1) is 0 Å². The van der Waals surface area contributed by atoms with Gasteiger partial charge in [-0.25, -0.2) is 12.6 Å². The third-order valence-corrected chi connectivity index (χ3v) is 1.16. The Morgan fingerprint density at radius 1 is 1.67 bits per heavy atom. The minimum absolute atomic E-state index is 0. The Morgan fingerprint density at radius 3 is 2.42 bits per heavy atom. The predicted molar refractivity (Wildman–Crippen MR) is 36.4 cm³/mol. The van der Waals surface area contributed by atoms with Gasteiger partial charge in [-0.05, 0) is 13.0 Å². The average Bonchev–Trinajstić information content (AvgIpc) is 1.84. The minimum Gasteiger partial charge on any atom is -0.725 e. The molecule has 0 N–H and O–H groups in total. The predicted octanol–water partition coefficient (Wildman–Crippen LogP) is -2.98. The number of ether oxygens (including phenoxy) is 1. The van der Waals surface area contributed by atoms with Crippen LogP contribution in [0.1, 0.15) is 6.92 Å². The van der Waals surface area contributed by atoms with Crippen LogP contribution in [0.25, 0.3) is 0 Å². The van der Waals surface area contributed by atoms with E-state index in [1.807, 2.05) is 0 Å². The Balaban J connectivity index is 0. The summed E-state index contributed by atoms with van der Waals surface area (Å²) in [5.74, 6) is 0. The standard InChI is InChI=1S/C5H10O5S.Na/c1-3-5(9-4-2)10-11(6,7)8;/h3,5H,1,4H2,2H3,(H,6,7,8);/q;+1/p-1. The first-order valence-electron chi connectivity index (χ1n) is 2.88. The summed E-state index contributed by atoms with van der Waals surface area (Å²) in [6.07, 6.45) is -0.0959. The van der Waals surface area contributed by atoms with Crippen molar-refractivity contribution in [1.29, 1.82) is 0 Å². The third kappa shape index (κ3) is 8.66. The van der Waals surface area contributed by atoms with Crippen molar-refractivity contribution in [2.24, 2.45) is 0 Å². The fourth-order valence-corrected chi connectivity index (χ4v) is 0.782. The molecule has 0 aliphatic heterocycles. The Morgan fingerprint density at radius 2 is 2.17 bits per heavy atom. The van der Waals surface area contributed by atoms with Gasteiger partial charge in [0.25, 0.3) is 0 Å². The molecule has 0 saturated heterocycles. The maximum Gasteiger partial charge on any atom is 1.00 e. The zero-order valence-electron chi connectivity index (χ0n) is 7.02. The van der Waals surface area contributed by atoms with Crippen LogP contribution in [0.2, 0.25) is 0 Å². The first-order chi connectivity index (χ1) is 4.99. The molecule has 0 aromatic rings. The first kappa shape index (κ1) is 15.1. The first-order valence-corrected chi connectivity index (χ1v) is 4.21. The molecule has 0 amide bonds. The maximum atomic E-state index is 9.97. The summed E-state index contributed by atoms with van der Waals surface area (Å²) < 4.78 is 38.5. The van der Waals surface area contributed by atoms with Crippen LogP contribution in [0.4, 0.5) is 0 Å². The van der Waals surface area contributed by atoms with Crippen LogP contribution in [0.3, 0.4) is 0 Å². The van der Waals surface area contributed by atoms with Gasteiger partial charge < -0.3 is 9.29 Å². The Bertz CT molecular complexity index is 212. The molecule has 0 fully saturated rings. The van der Waals surface area contributed by atoms with Crippen LogP contribution >= 0.6 is 0 Å². The van der Waals surface area contributed by atoms with Crippen molar-refractivity contribution in [3.8, 4) is 0 Å². The fraction of sp³-hybridized carbons (Fsp3) is 0.600. The van der Waals surface area contributed by atoms with Crippen molar-refractivity contribution in [3.05, 3.63) is 12.7 Å². The second-order valence-corrected chi connectivity index (χ2v) is 2.57. The van der Waals surface area contributed by atoms with Crippen LogP contribution in [0.15, 0.2) is 12.7 Å². The number of rotatable bonds is 5. The van der Waals surface area contributed by atoms with E-state index in [4.69, 9.17) is 0 Å². The van der Waals surface area contributed by atoms with Crippen molar-refractivity contribution in [3.63, 3.8) is 0 Å². The molecule has 0 aliphatic carbocycles. The second-order valence-electron chi connectivity index (χ2n) is 1.56. The van der Waals surface area contributed by atoms with Crippen LogP contribution in [0.5, 0.6) is 0 Å². The molecule has 0 saturated carbocycles. The fourth-order valence-electron chi connectivity index (χ4n) is 0.416. The summed E-state index contributed by atoms with van der Waals surface area (Å²) in [5, 5.41) is 0. The van der Waals surface area contributed by atoms with Gasteiger partial charge >= 0.3 is 29.6 Å². The largest absolute Gasteiger partial charge is 1.00 e. The van der Waals surface area contributed by atoms with E-state index >= 15 is 0 Å². The monoisotopic (exact) mass is 204 g/mol. The molecule has 0 bridgehead atoms. The summed E-state index contributed by atoms with van der Waals surface area (Å²) in [4.78, 5) is 0. The van der Waals surface area contributed by atoms with Gasteiger partial charge in [0.1, 0.15) is 0 Å². The van der Waals surface area contributed by atoms with E-state index in [0.29, 0.717) is 0 Å². The molecule has 12 heavy (non-hydrogen) atoms. The Kier molecular flexibility index (Phi) is 8.81. The van der Waals surface area contributed by atoms with Gasteiger partial charge in [-0.1, -0.05) is 6.58 Å². The van der Waals surface area contributed by atoms with E-state index in [2.05, 4.69) is 15.5 Å². The molecular weight excluding hydrogens is 195 g/mol. The Labute approximate surface area is 94.0 Å². The van der Waals surface area contributed by atoms with Crippen LogP contribution < -0.4 is 29.6 Å². The molecule has 66 valence electrons. The maximum absolute atomic E-state index is 9.97. The number of hydrogen-bond acceptors (Lipinski definition) is 5. The van der Waals surface area contributed by atoms with Crippen molar-refractivity contribution in [1.82, 2.24) is 0 Å². The summed E-state index contributed by atoms with van der Waals surface area (Å²) in [6.45, 7) is 5.09. The SMILES string of the molecule is C=CC(OCC)OS(=O)(=O)[O-].[Na+]. The van der Waals surface area contributed by atoms with Gasteiger partial charge in [0.05, 0.1) is 0 Å². The third-order valence-electron chi connectivity index (χ3n) is 0.736. The number of hydrogen-bond donors (Lipinski definition) is 0. The smallest absolute Gasteiger partial charge is 0.725 e. The van der Waals surface area contributed by atoms with Gasteiger partial charge in [0, 0.05) is 6.61 Å². The van der Waals surface area contributed by atoms with Crippen molar-refractivity contribution in [2.75, 3.05) is 6.61 Å². The molecule has 5 nitrogen and oxygen atoms in total. The molecule has 0 rings (SSSR count). The van der Waals surface area contributed by atoms with Crippen LogP contribution in [0, 0.1) is 0 Å². The van der Waals surface area contributed by atoms with Gasteiger partial charge in [0.2, 0.25) is 10.4 Å². The molecule has 0 heterocycles. The van der Waals surface area contributed by atoms with Crippen molar-refractivity contribution >= 4 is 10.4 Å². The molecule has 0 radical (unpaired) electrons. The molecule has 0 aliphatic rings. The quantitative estimate of drug-likeness (QED) is 0.157. The van der Waals surface area contributed by atoms with Gasteiger partial charge in [0.15, 0.2) is 6.29 Å². The molecule has 0 spiro atoms. The van der Waals surface area contributed by atoms with Crippen molar-refractivity contribution in [2.45, 2.75) is 13.2 Å². The summed E-state index contributed by atoms with van der Waals surface area (Å²) >= 11 is 0. The molecular formula is C5H9NaO5S. The molecule has 1 atom stereocenters. The molecule has 0 aromatic carbocycles. The normalized spacial score (nSPS) is 13.2. The van der Waals surface area contributed by atoms with E-state index in [9.17, 15) is 13.0 Å². The van der Waals surface area contributed by atoms with E-state index in [1.165, 1.54) is 0 Å². The molecule has 1 unspecified atom stereocenters. The summed E-state index contributed by atoms with van der Waals surface area (Å²) in [5.41, 5.74) is 0. The minimum atomic E-state index is -4.70. The molecule has 7 heteroatoms. The van der Waals surface area contributed by atoms with E-state index in [0.717, 1.165) is 6.08 Å². The molecule has 0 aromatic heterocycles. The second kappa shape index (κ2) is 7.02. The zero-order valence-corrected chi connectivity index (χ0v) is 9.83. The summed E-state index contributed by atoms with van der Waals surface area (Å²) in [7, 11) is -4.70. The average molecular weight is 204 g/mol. The topological polar surface area (TPSA) is 75.7 Å². The zero-order chi connectivity index (χ0) is 8.91. The Hall–Kier alpha value is 0.570. The summed E-state index contributed by atoms with van der Waals surface area (Å²) in [6, 6.07) is 0. The van der Waals surface area contributed by atoms with Gasteiger partial charge in [-0.2, -0.15) is 0 Å². The van der Waals surface area contributed by atoms with Crippen molar-refractivity contribution < 1.29 is 51.4 Å². The van der Waals surface area contributed by atoms with Crippen LogP contribution in [-0.4, -0.2) is 25.9 Å². The van der Waals surface area contributed by atoms with E-state index in [-0.39, 0.29) is 36.2 Å². The van der Waals surface area contributed by atoms with E-state index in [1.54, 1.807) is 6.92 Å². The van der Waals surface area contributed by atoms with Crippen LogP contribution in [-0.2, 0) is 19.3 Å².